The van der Waals surface area contributed by atoms with Gasteiger partial charge in [0.2, 0.25) is 11.8 Å². The molecule has 1 saturated heterocycles. The third kappa shape index (κ3) is 7.87. The number of carbonyl (C=O) groups excluding carboxylic acids is 3. The topological polar surface area (TPSA) is 122 Å². The largest absolute Gasteiger partial charge is 0.343 e. The summed E-state index contributed by atoms with van der Waals surface area (Å²) in [4.78, 5) is 46.5. The molecule has 2 aromatic carbocycles. The van der Waals surface area contributed by atoms with Crippen LogP contribution in [-0.2, 0) is 26.3 Å². The van der Waals surface area contributed by atoms with Gasteiger partial charge in [0.05, 0.1) is 11.9 Å². The zero-order chi connectivity index (χ0) is 31.2. The van der Waals surface area contributed by atoms with Gasteiger partial charge in [-0.15, -0.1) is 0 Å². The maximum atomic E-state index is 14.0. The Morgan fingerprint density at radius 1 is 1.05 bits per heavy atom. The lowest BCUT2D eigenvalue weighted by Crippen LogP contribution is -2.54. The number of anilines is 1. The van der Waals surface area contributed by atoms with Crippen LogP contribution in [0.1, 0.15) is 64.5 Å². The van der Waals surface area contributed by atoms with Crippen LogP contribution < -0.4 is 16.4 Å². The van der Waals surface area contributed by atoms with Crippen molar-refractivity contribution >= 4 is 23.5 Å². The number of aromatic nitrogens is 2. The molecule has 0 aliphatic carbocycles. The molecule has 10 heteroatoms. The van der Waals surface area contributed by atoms with Crippen LogP contribution in [-0.4, -0.2) is 56.8 Å². The van der Waals surface area contributed by atoms with Crippen molar-refractivity contribution in [2.75, 3.05) is 18.4 Å². The zero-order valence-electron chi connectivity index (χ0n) is 25.5. The molecule has 1 aliphatic heterocycles. The Hall–Kier alpha value is -4.05. The van der Waals surface area contributed by atoms with Crippen molar-refractivity contribution in [3.05, 3.63) is 84.1 Å². The fourth-order valence-corrected chi connectivity index (χ4v) is 5.29. The molecule has 2 unspecified atom stereocenters. The molecule has 43 heavy (non-hydrogen) atoms. The molecule has 1 aromatic heterocycles. The molecule has 230 valence electrons. The smallest absolute Gasteiger partial charge is 0.253 e. The second-order valence-electron chi connectivity index (χ2n) is 12.3. The number of piperidine rings is 1. The number of hydrogen-bond donors (Lipinski definition) is 3. The van der Waals surface area contributed by atoms with Gasteiger partial charge < -0.3 is 25.8 Å². The maximum Gasteiger partial charge on any atom is 0.253 e. The van der Waals surface area contributed by atoms with Crippen LogP contribution in [0, 0.1) is 11.7 Å². The number of likely N-dealkylation sites (tertiary alicyclic amines) is 1. The van der Waals surface area contributed by atoms with E-state index < -0.39 is 34.8 Å². The maximum absolute atomic E-state index is 14.0. The van der Waals surface area contributed by atoms with Crippen molar-refractivity contribution in [2.45, 2.75) is 76.9 Å². The third-order valence-corrected chi connectivity index (χ3v) is 8.25. The Kier molecular flexibility index (Phi) is 10.0. The van der Waals surface area contributed by atoms with Crippen molar-refractivity contribution in [3.63, 3.8) is 0 Å². The van der Waals surface area contributed by atoms with E-state index in [2.05, 4.69) is 22.5 Å². The molecular weight excluding hydrogens is 547 g/mol. The van der Waals surface area contributed by atoms with Gasteiger partial charge in [-0.2, -0.15) is 0 Å². The molecule has 1 aliphatic rings. The predicted octanol–water partition coefficient (Wildman–Crippen LogP) is 4.23. The highest BCUT2D eigenvalue weighted by Gasteiger charge is 2.41. The third-order valence-electron chi connectivity index (χ3n) is 8.25. The number of nitrogens with one attached hydrogen (secondary N) is 2. The molecule has 0 radical (unpaired) electrons. The van der Waals surface area contributed by atoms with Crippen molar-refractivity contribution in [3.8, 4) is 0 Å². The summed E-state index contributed by atoms with van der Waals surface area (Å²) >= 11 is 0. The van der Waals surface area contributed by atoms with Gasteiger partial charge in [-0.05, 0) is 82.1 Å². The molecule has 3 amide bonds. The minimum atomic E-state index is -1.23. The van der Waals surface area contributed by atoms with Crippen LogP contribution in [0.25, 0.3) is 0 Å². The number of nitrogens with zero attached hydrogens (tertiary/aromatic N) is 3. The zero-order valence-corrected chi connectivity index (χ0v) is 25.5. The first kappa shape index (κ1) is 31.9. The van der Waals surface area contributed by atoms with E-state index in [0.717, 1.165) is 24.8 Å². The van der Waals surface area contributed by atoms with Gasteiger partial charge in [0.25, 0.3) is 5.91 Å². The molecule has 2 heterocycles. The van der Waals surface area contributed by atoms with Crippen molar-refractivity contribution in [1.82, 2.24) is 19.8 Å². The van der Waals surface area contributed by atoms with E-state index in [1.165, 1.54) is 18.5 Å². The standard InChI is InChI=1S/C33H43FN6O3/c1-23-17-19-39(20-18-23)31(43)33(4,25-13-15-26(34)16-14-25)40-21-28(36-22-40)38-29(41)27(37-30(42)32(2,3)35)12-8-11-24-9-6-5-7-10-24/h5-7,9-10,13-16,21-23,27H,8,11-12,17-20,35H2,1-4H3,(H,37,42)(H,38,41). The van der Waals surface area contributed by atoms with Crippen LogP contribution in [0.4, 0.5) is 10.2 Å². The van der Waals surface area contributed by atoms with Gasteiger partial charge in [0.15, 0.2) is 5.82 Å². The summed E-state index contributed by atoms with van der Waals surface area (Å²) < 4.78 is 15.5. The number of nitrogens with two attached hydrogens (primary N) is 1. The SMILES string of the molecule is CC1CCN(C(=O)C(C)(c2ccc(F)cc2)n2cnc(NC(=O)C(CCCc3ccccc3)NC(=O)C(C)(C)N)c2)CC1. The Labute approximate surface area is 253 Å². The molecule has 4 rings (SSSR count). The summed E-state index contributed by atoms with van der Waals surface area (Å²) in [6.07, 6.45) is 6.71. The second-order valence-corrected chi connectivity index (χ2v) is 12.3. The van der Waals surface area contributed by atoms with Crippen LogP contribution in [0.15, 0.2) is 67.1 Å². The summed E-state index contributed by atoms with van der Waals surface area (Å²) in [7, 11) is 0. The molecule has 4 N–H and O–H groups in total. The Bertz CT molecular complexity index is 1390. The van der Waals surface area contributed by atoms with Gasteiger partial charge in [-0.3, -0.25) is 14.4 Å². The minimum absolute atomic E-state index is 0.127. The second kappa shape index (κ2) is 13.5. The lowest BCUT2D eigenvalue weighted by Gasteiger charge is -2.38. The van der Waals surface area contributed by atoms with Crippen molar-refractivity contribution in [1.29, 1.82) is 0 Å². The number of halogens is 1. The highest BCUT2D eigenvalue weighted by molar-refractivity contribution is 5.98. The number of imidazole rings is 1. The van der Waals surface area contributed by atoms with Gasteiger partial charge in [-0.25, -0.2) is 9.37 Å². The quantitative estimate of drug-likeness (QED) is 0.309. The lowest BCUT2D eigenvalue weighted by atomic mass is 9.88. The van der Waals surface area contributed by atoms with E-state index in [9.17, 15) is 18.8 Å². The number of benzene rings is 2. The fraction of sp³-hybridized carbons (Fsp3) is 0.455. The first-order valence-electron chi connectivity index (χ1n) is 14.9. The van der Waals surface area contributed by atoms with Gasteiger partial charge in [0.1, 0.15) is 17.4 Å². The fourth-order valence-electron chi connectivity index (χ4n) is 5.29. The minimum Gasteiger partial charge on any atom is -0.343 e. The Balaban J connectivity index is 1.55. The molecule has 0 bridgehead atoms. The molecular formula is C33H43FN6O3. The van der Waals surface area contributed by atoms with Gasteiger partial charge in [0, 0.05) is 19.3 Å². The van der Waals surface area contributed by atoms with E-state index in [-0.39, 0.29) is 11.7 Å². The first-order chi connectivity index (χ1) is 20.4. The van der Waals surface area contributed by atoms with Gasteiger partial charge in [-0.1, -0.05) is 49.4 Å². The normalized spacial score (nSPS) is 16.3. The number of rotatable bonds is 11. The Morgan fingerprint density at radius 2 is 1.70 bits per heavy atom. The van der Waals surface area contributed by atoms with Crippen LogP contribution in [0.2, 0.25) is 0 Å². The summed E-state index contributed by atoms with van der Waals surface area (Å²) in [5.41, 5.74) is 5.34. The molecule has 3 aromatic rings. The number of aryl methyl sites for hydroxylation is 1. The van der Waals surface area contributed by atoms with Crippen molar-refractivity contribution in [2.24, 2.45) is 11.7 Å². The molecule has 0 spiro atoms. The summed E-state index contributed by atoms with van der Waals surface area (Å²) in [6.45, 7) is 8.40. The number of amides is 3. The summed E-state index contributed by atoms with van der Waals surface area (Å²) in [6, 6.07) is 14.9. The van der Waals surface area contributed by atoms with Crippen LogP contribution in [0.3, 0.4) is 0 Å². The van der Waals surface area contributed by atoms with Gasteiger partial charge >= 0.3 is 0 Å². The van der Waals surface area contributed by atoms with E-state index in [0.29, 0.717) is 37.4 Å². The molecule has 1 fully saturated rings. The number of hydrogen-bond acceptors (Lipinski definition) is 5. The van der Waals surface area contributed by atoms with Crippen LogP contribution >= 0.6 is 0 Å². The first-order valence-corrected chi connectivity index (χ1v) is 14.9. The average Bonchev–Trinajstić information content (AvgIpc) is 3.45. The summed E-state index contributed by atoms with van der Waals surface area (Å²) in [5.74, 6) is -0.628. The van der Waals surface area contributed by atoms with E-state index in [1.807, 2.05) is 35.2 Å². The monoisotopic (exact) mass is 590 g/mol. The highest BCUT2D eigenvalue weighted by Crippen LogP contribution is 2.32. The summed E-state index contributed by atoms with van der Waals surface area (Å²) in [5, 5.41) is 5.60. The molecule has 2 atom stereocenters. The predicted molar refractivity (Wildman–Crippen MR) is 165 cm³/mol. The van der Waals surface area contributed by atoms with Crippen LogP contribution in [0.5, 0.6) is 0 Å². The van der Waals surface area contributed by atoms with E-state index in [4.69, 9.17) is 5.73 Å². The highest BCUT2D eigenvalue weighted by atomic mass is 19.1. The Morgan fingerprint density at radius 3 is 2.33 bits per heavy atom. The lowest BCUT2D eigenvalue weighted by molar-refractivity contribution is -0.139. The molecule has 0 saturated carbocycles. The van der Waals surface area contributed by atoms with E-state index >= 15 is 0 Å². The van der Waals surface area contributed by atoms with E-state index in [1.54, 1.807) is 43.7 Å². The molecule has 9 nitrogen and oxygen atoms in total. The van der Waals surface area contributed by atoms with Crippen molar-refractivity contribution < 1.29 is 18.8 Å². The number of carbonyl (C=O) groups is 3. The average molecular weight is 591 g/mol.